The molecule has 2 unspecified atom stereocenters. The number of amides is 4. The second-order valence-corrected chi connectivity index (χ2v) is 11.0. The molecule has 4 amide bonds. The van der Waals surface area contributed by atoms with Gasteiger partial charge in [0.1, 0.15) is 17.7 Å². The van der Waals surface area contributed by atoms with Gasteiger partial charge in [0.25, 0.3) is 0 Å². The Balaban J connectivity index is 3.52. The summed E-state index contributed by atoms with van der Waals surface area (Å²) in [5, 5.41) is 5.39. The number of benzene rings is 1. The molecule has 9 nitrogen and oxygen atoms in total. The Kier molecular flexibility index (Phi) is 14.1. The first kappa shape index (κ1) is 33.5. The van der Waals surface area contributed by atoms with Gasteiger partial charge in [0.15, 0.2) is 0 Å². The number of nitrogens with two attached hydrogens (primary N) is 1. The van der Waals surface area contributed by atoms with Crippen LogP contribution in [0.1, 0.15) is 104 Å². The molecule has 9 heteroatoms. The van der Waals surface area contributed by atoms with E-state index in [1.54, 1.807) is 45.0 Å². The van der Waals surface area contributed by atoms with E-state index in [1.165, 1.54) is 4.90 Å². The van der Waals surface area contributed by atoms with E-state index < -0.39 is 47.9 Å². The SMILES string of the molecule is C#Cc1ccccc1C(C(=O)NC(C)C)N(CCCCCCCC)C(=O)C(CC(N)=O)NC(=O)OC(C)(C)C. The van der Waals surface area contributed by atoms with E-state index in [1.807, 2.05) is 13.8 Å². The van der Waals surface area contributed by atoms with Crippen LogP contribution in [0.25, 0.3) is 0 Å². The van der Waals surface area contributed by atoms with Gasteiger partial charge in [-0.15, -0.1) is 6.42 Å². The van der Waals surface area contributed by atoms with Crippen LogP contribution in [0.15, 0.2) is 24.3 Å². The van der Waals surface area contributed by atoms with E-state index in [0.717, 1.165) is 32.1 Å². The first-order valence-corrected chi connectivity index (χ1v) is 13.7. The molecule has 0 aliphatic carbocycles. The Bertz CT molecular complexity index is 1010. The number of unbranched alkanes of at least 4 members (excludes halogenated alkanes) is 5. The van der Waals surface area contributed by atoms with Gasteiger partial charge >= 0.3 is 6.09 Å². The van der Waals surface area contributed by atoms with Crippen LogP contribution >= 0.6 is 0 Å². The van der Waals surface area contributed by atoms with Crippen molar-refractivity contribution in [3.8, 4) is 12.3 Å². The van der Waals surface area contributed by atoms with Crippen molar-refractivity contribution in [1.29, 1.82) is 0 Å². The lowest BCUT2D eigenvalue weighted by molar-refractivity contribution is -0.143. The van der Waals surface area contributed by atoms with Gasteiger partial charge in [-0.3, -0.25) is 14.4 Å². The number of hydrogen-bond acceptors (Lipinski definition) is 5. The molecule has 0 radical (unpaired) electrons. The summed E-state index contributed by atoms with van der Waals surface area (Å²) >= 11 is 0. The third kappa shape index (κ3) is 12.2. The molecule has 4 N–H and O–H groups in total. The molecular weight excluding hydrogens is 496 g/mol. The molecule has 2 atom stereocenters. The summed E-state index contributed by atoms with van der Waals surface area (Å²) < 4.78 is 5.32. The quantitative estimate of drug-likeness (QED) is 0.226. The number of nitrogens with one attached hydrogen (secondary N) is 2. The molecule has 0 heterocycles. The standard InChI is InChI=1S/C30H46N4O5/c1-8-10-11-12-13-16-19-34(28(37)24(20-25(31)35)33-29(38)39-30(5,6)7)26(27(36)32-21(3)4)23-18-15-14-17-22(23)9-2/h2,14-15,17-18,21,24,26H,8,10-13,16,19-20H2,1,3-7H3,(H2,31,35)(H,32,36)(H,33,38). The minimum atomic E-state index is -1.33. The van der Waals surface area contributed by atoms with E-state index >= 15 is 0 Å². The average Bonchev–Trinajstić information content (AvgIpc) is 2.82. The van der Waals surface area contributed by atoms with Crippen molar-refractivity contribution in [1.82, 2.24) is 15.5 Å². The van der Waals surface area contributed by atoms with Gasteiger partial charge in [-0.25, -0.2) is 4.79 Å². The Hall–Kier alpha value is -3.54. The lowest BCUT2D eigenvalue weighted by atomic mass is 9.96. The Morgan fingerprint density at radius 1 is 1.03 bits per heavy atom. The van der Waals surface area contributed by atoms with Crippen LogP contribution in [0.5, 0.6) is 0 Å². The highest BCUT2D eigenvalue weighted by atomic mass is 16.6. The molecular formula is C30H46N4O5. The monoisotopic (exact) mass is 542 g/mol. The number of nitrogens with zero attached hydrogens (tertiary/aromatic N) is 1. The minimum absolute atomic E-state index is 0.203. The molecule has 0 aromatic heterocycles. The van der Waals surface area contributed by atoms with Crippen molar-refractivity contribution in [3.05, 3.63) is 35.4 Å². The van der Waals surface area contributed by atoms with E-state index in [-0.39, 0.29) is 12.6 Å². The Labute approximate surface area is 233 Å². The molecule has 1 rings (SSSR count). The summed E-state index contributed by atoms with van der Waals surface area (Å²) in [7, 11) is 0. The van der Waals surface area contributed by atoms with Crippen molar-refractivity contribution in [2.75, 3.05) is 6.54 Å². The topological polar surface area (TPSA) is 131 Å². The highest BCUT2D eigenvalue weighted by molar-refractivity contribution is 5.94. The summed E-state index contributed by atoms with van der Waals surface area (Å²) in [6.07, 6.45) is 10.2. The third-order valence-corrected chi connectivity index (χ3v) is 5.83. The molecule has 1 aromatic carbocycles. The number of terminal acetylenes is 1. The van der Waals surface area contributed by atoms with E-state index in [4.69, 9.17) is 16.9 Å². The first-order chi connectivity index (χ1) is 18.3. The van der Waals surface area contributed by atoms with Crippen LogP contribution in [0.3, 0.4) is 0 Å². The van der Waals surface area contributed by atoms with Crippen molar-refractivity contribution < 1.29 is 23.9 Å². The molecule has 0 saturated carbocycles. The molecule has 0 fully saturated rings. The maximum Gasteiger partial charge on any atom is 0.408 e. The zero-order valence-electron chi connectivity index (χ0n) is 24.3. The van der Waals surface area contributed by atoms with Crippen LogP contribution in [0.2, 0.25) is 0 Å². The number of primary amides is 1. The smallest absolute Gasteiger partial charge is 0.408 e. The van der Waals surface area contributed by atoms with Crippen molar-refractivity contribution in [2.24, 2.45) is 5.73 Å². The van der Waals surface area contributed by atoms with Gasteiger partial charge in [0.05, 0.1) is 6.42 Å². The second kappa shape index (κ2) is 16.4. The highest BCUT2D eigenvalue weighted by Gasteiger charge is 2.37. The zero-order chi connectivity index (χ0) is 29.6. The lowest BCUT2D eigenvalue weighted by Gasteiger charge is -2.35. The largest absolute Gasteiger partial charge is 0.444 e. The zero-order valence-corrected chi connectivity index (χ0v) is 24.3. The molecule has 0 spiro atoms. The molecule has 1 aromatic rings. The molecule has 39 heavy (non-hydrogen) atoms. The lowest BCUT2D eigenvalue weighted by Crippen LogP contribution is -2.54. The predicted octanol–water partition coefficient (Wildman–Crippen LogP) is 4.19. The summed E-state index contributed by atoms with van der Waals surface area (Å²) in [6.45, 7) is 11.1. The third-order valence-electron chi connectivity index (χ3n) is 5.83. The molecule has 0 bridgehead atoms. The van der Waals surface area contributed by atoms with Gasteiger partial charge in [-0.1, -0.05) is 63.1 Å². The van der Waals surface area contributed by atoms with Crippen LogP contribution < -0.4 is 16.4 Å². The van der Waals surface area contributed by atoms with Crippen LogP contribution in [0, 0.1) is 12.3 Å². The van der Waals surface area contributed by atoms with E-state index in [9.17, 15) is 19.2 Å². The fraction of sp³-hybridized carbons (Fsp3) is 0.600. The van der Waals surface area contributed by atoms with Gasteiger partial charge in [-0.2, -0.15) is 0 Å². The normalized spacial score (nSPS) is 12.7. The first-order valence-electron chi connectivity index (χ1n) is 13.7. The summed E-state index contributed by atoms with van der Waals surface area (Å²) in [6, 6.07) is 4.31. The predicted molar refractivity (Wildman–Crippen MR) is 152 cm³/mol. The number of carbonyl (C=O) groups excluding carboxylic acids is 4. The maximum atomic E-state index is 14.1. The van der Waals surface area contributed by atoms with Crippen LogP contribution in [-0.2, 0) is 19.1 Å². The number of carbonyl (C=O) groups is 4. The van der Waals surface area contributed by atoms with Gasteiger partial charge in [-0.05, 0) is 52.7 Å². The van der Waals surface area contributed by atoms with Crippen molar-refractivity contribution in [2.45, 2.75) is 110 Å². The van der Waals surface area contributed by atoms with E-state index in [0.29, 0.717) is 17.5 Å². The number of hydrogen-bond donors (Lipinski definition) is 3. The second-order valence-electron chi connectivity index (χ2n) is 11.0. The summed E-state index contributed by atoms with van der Waals surface area (Å²) in [5.41, 5.74) is 5.57. The van der Waals surface area contributed by atoms with Gasteiger partial charge in [0.2, 0.25) is 17.7 Å². The Morgan fingerprint density at radius 3 is 2.21 bits per heavy atom. The fourth-order valence-corrected chi connectivity index (χ4v) is 4.16. The maximum absolute atomic E-state index is 14.1. The molecule has 0 aliphatic heterocycles. The number of ether oxygens (including phenoxy) is 1. The number of rotatable bonds is 15. The van der Waals surface area contributed by atoms with Gasteiger partial charge < -0.3 is 26.0 Å². The molecule has 216 valence electrons. The fourth-order valence-electron chi connectivity index (χ4n) is 4.16. The van der Waals surface area contributed by atoms with Crippen LogP contribution in [0.4, 0.5) is 4.79 Å². The highest BCUT2D eigenvalue weighted by Crippen LogP contribution is 2.27. The summed E-state index contributed by atoms with van der Waals surface area (Å²) in [5.74, 6) is 0.789. The minimum Gasteiger partial charge on any atom is -0.444 e. The molecule has 0 saturated heterocycles. The molecule has 0 aliphatic rings. The average molecular weight is 543 g/mol. The van der Waals surface area contributed by atoms with E-state index in [2.05, 4.69) is 23.5 Å². The summed E-state index contributed by atoms with van der Waals surface area (Å²) in [4.78, 5) is 53.6. The number of alkyl carbamates (subject to hydrolysis) is 1. The van der Waals surface area contributed by atoms with Crippen molar-refractivity contribution in [3.63, 3.8) is 0 Å². The Morgan fingerprint density at radius 2 is 1.64 bits per heavy atom. The van der Waals surface area contributed by atoms with Crippen LogP contribution in [-0.4, -0.2) is 52.9 Å². The van der Waals surface area contributed by atoms with Gasteiger partial charge in [0, 0.05) is 18.2 Å². The van der Waals surface area contributed by atoms with Crippen molar-refractivity contribution >= 4 is 23.8 Å².